The van der Waals surface area contributed by atoms with Crippen LogP contribution in [0.5, 0.6) is 0 Å². The van der Waals surface area contributed by atoms with Gasteiger partial charge in [0.25, 0.3) is 0 Å². The summed E-state index contributed by atoms with van der Waals surface area (Å²) in [5, 5.41) is 3.71. The smallest absolute Gasteiger partial charge is 0.0361 e. The van der Waals surface area contributed by atoms with Gasteiger partial charge in [0.15, 0.2) is 0 Å². The lowest BCUT2D eigenvalue weighted by Gasteiger charge is -2.34. The summed E-state index contributed by atoms with van der Waals surface area (Å²) in [6.07, 6.45) is 5.41. The lowest BCUT2D eigenvalue weighted by atomic mass is 10.0. The minimum Gasteiger partial charge on any atom is -0.378 e. The molecule has 21 heavy (non-hydrogen) atoms. The van der Waals surface area contributed by atoms with Crippen LogP contribution in [0.2, 0.25) is 0 Å². The molecule has 0 bridgehead atoms. The first kappa shape index (κ1) is 14.9. The maximum absolute atomic E-state index is 3.71. The summed E-state index contributed by atoms with van der Waals surface area (Å²) in [4.78, 5) is 4.89. The van der Waals surface area contributed by atoms with E-state index in [1.807, 2.05) is 0 Å². The molecule has 2 fully saturated rings. The highest BCUT2D eigenvalue weighted by atomic mass is 15.2. The van der Waals surface area contributed by atoms with Crippen LogP contribution in [0.3, 0.4) is 0 Å². The Bertz CT molecular complexity index is 448. The van der Waals surface area contributed by atoms with Crippen LogP contribution in [0.25, 0.3) is 0 Å². The molecule has 3 nitrogen and oxygen atoms in total. The van der Waals surface area contributed by atoms with Gasteiger partial charge in [0.1, 0.15) is 0 Å². The summed E-state index contributed by atoms with van der Waals surface area (Å²) >= 11 is 0. The number of benzene rings is 1. The zero-order valence-corrected chi connectivity index (χ0v) is 13.7. The molecule has 116 valence electrons. The van der Waals surface area contributed by atoms with E-state index in [9.17, 15) is 0 Å². The number of hydrogen-bond acceptors (Lipinski definition) is 3. The molecule has 0 saturated carbocycles. The molecule has 3 heteroatoms. The molecule has 3 rings (SSSR count). The maximum Gasteiger partial charge on any atom is 0.0361 e. The van der Waals surface area contributed by atoms with Crippen LogP contribution < -0.4 is 10.2 Å². The largest absolute Gasteiger partial charge is 0.378 e. The molecule has 2 aliphatic rings. The Morgan fingerprint density at radius 2 is 1.90 bits per heavy atom. The van der Waals surface area contributed by atoms with Gasteiger partial charge in [-0.25, -0.2) is 0 Å². The third-order valence-electron chi connectivity index (χ3n) is 5.29. The molecule has 2 aliphatic heterocycles. The second-order valence-electron chi connectivity index (χ2n) is 6.81. The Kier molecular flexibility index (Phi) is 4.51. The first-order valence-electron chi connectivity index (χ1n) is 8.43. The molecular formula is C18H29N3. The minimum absolute atomic E-state index is 0.524. The SMILES string of the molecule is CC(c1ccc(N(C)C)cc1)N1CCCC1C1CCCN1. The van der Waals surface area contributed by atoms with E-state index in [1.54, 1.807) is 0 Å². The molecule has 0 amide bonds. The van der Waals surface area contributed by atoms with E-state index in [2.05, 4.69) is 60.4 Å². The number of nitrogens with zero attached hydrogens (tertiary/aromatic N) is 2. The molecule has 3 atom stereocenters. The van der Waals surface area contributed by atoms with Gasteiger partial charge in [-0.15, -0.1) is 0 Å². The van der Waals surface area contributed by atoms with Gasteiger partial charge in [-0.1, -0.05) is 12.1 Å². The fraction of sp³-hybridized carbons (Fsp3) is 0.667. The molecule has 1 aromatic carbocycles. The van der Waals surface area contributed by atoms with Gasteiger partial charge in [0, 0.05) is 37.9 Å². The van der Waals surface area contributed by atoms with Crippen molar-refractivity contribution >= 4 is 5.69 Å². The Hall–Kier alpha value is -1.06. The van der Waals surface area contributed by atoms with E-state index in [0.29, 0.717) is 6.04 Å². The van der Waals surface area contributed by atoms with E-state index in [0.717, 1.165) is 12.1 Å². The summed E-state index contributed by atoms with van der Waals surface area (Å²) in [7, 11) is 4.20. The molecule has 0 radical (unpaired) electrons. The average molecular weight is 287 g/mol. The second-order valence-corrected chi connectivity index (χ2v) is 6.81. The number of anilines is 1. The molecule has 0 aromatic heterocycles. The van der Waals surface area contributed by atoms with E-state index in [-0.39, 0.29) is 0 Å². The highest BCUT2D eigenvalue weighted by Gasteiger charge is 2.35. The van der Waals surface area contributed by atoms with Crippen molar-refractivity contribution < 1.29 is 0 Å². The molecule has 3 unspecified atom stereocenters. The van der Waals surface area contributed by atoms with Crippen molar-refractivity contribution in [2.75, 3.05) is 32.1 Å². The van der Waals surface area contributed by atoms with Gasteiger partial charge in [-0.2, -0.15) is 0 Å². The van der Waals surface area contributed by atoms with Crippen LogP contribution >= 0.6 is 0 Å². The molecule has 1 aromatic rings. The summed E-state index contributed by atoms with van der Waals surface area (Å²) in [6.45, 7) is 4.83. The lowest BCUT2D eigenvalue weighted by Crippen LogP contribution is -2.44. The average Bonchev–Trinajstić information content (AvgIpc) is 3.17. The van der Waals surface area contributed by atoms with Gasteiger partial charge in [-0.05, 0) is 63.4 Å². The van der Waals surface area contributed by atoms with Crippen molar-refractivity contribution in [2.45, 2.75) is 50.7 Å². The van der Waals surface area contributed by atoms with E-state index in [4.69, 9.17) is 0 Å². The van der Waals surface area contributed by atoms with Crippen molar-refractivity contribution in [2.24, 2.45) is 0 Å². The summed E-state index contributed by atoms with van der Waals surface area (Å²) in [5.74, 6) is 0. The molecule has 2 heterocycles. The molecule has 2 saturated heterocycles. The lowest BCUT2D eigenvalue weighted by molar-refractivity contribution is 0.163. The predicted octanol–water partition coefficient (Wildman–Crippen LogP) is 3.03. The van der Waals surface area contributed by atoms with Crippen molar-refractivity contribution in [1.82, 2.24) is 10.2 Å². The Morgan fingerprint density at radius 3 is 2.52 bits per heavy atom. The third kappa shape index (κ3) is 3.09. The van der Waals surface area contributed by atoms with E-state index < -0.39 is 0 Å². The summed E-state index contributed by atoms with van der Waals surface area (Å²) in [5.41, 5.74) is 2.73. The zero-order chi connectivity index (χ0) is 14.8. The van der Waals surface area contributed by atoms with Crippen molar-refractivity contribution in [1.29, 1.82) is 0 Å². The maximum atomic E-state index is 3.71. The number of rotatable bonds is 4. The van der Waals surface area contributed by atoms with Crippen LogP contribution in [-0.4, -0.2) is 44.2 Å². The topological polar surface area (TPSA) is 18.5 Å². The quantitative estimate of drug-likeness (QED) is 0.918. The predicted molar refractivity (Wildman–Crippen MR) is 89.9 cm³/mol. The van der Waals surface area contributed by atoms with Crippen LogP contribution in [-0.2, 0) is 0 Å². The van der Waals surface area contributed by atoms with Gasteiger partial charge in [0.2, 0.25) is 0 Å². The highest BCUT2D eigenvalue weighted by molar-refractivity contribution is 5.46. The van der Waals surface area contributed by atoms with Crippen molar-refractivity contribution in [3.8, 4) is 0 Å². The normalized spacial score (nSPS) is 28.0. The standard InChI is InChI=1S/C18H29N3/c1-14(15-8-10-16(11-9-15)20(2)3)21-13-5-7-18(21)17-6-4-12-19-17/h8-11,14,17-19H,4-7,12-13H2,1-3H3. The summed E-state index contributed by atoms with van der Waals surface area (Å²) in [6, 6.07) is 11.1. The Morgan fingerprint density at radius 1 is 1.14 bits per heavy atom. The molecular weight excluding hydrogens is 258 g/mol. The fourth-order valence-corrected chi connectivity index (χ4v) is 4.01. The van der Waals surface area contributed by atoms with Crippen molar-refractivity contribution in [3.05, 3.63) is 29.8 Å². The van der Waals surface area contributed by atoms with Crippen LogP contribution in [0.1, 0.15) is 44.2 Å². The minimum atomic E-state index is 0.524. The number of nitrogens with one attached hydrogen (secondary N) is 1. The van der Waals surface area contributed by atoms with Gasteiger partial charge in [-0.3, -0.25) is 4.90 Å². The van der Waals surface area contributed by atoms with E-state index >= 15 is 0 Å². The molecule has 1 N–H and O–H groups in total. The second kappa shape index (κ2) is 6.37. The van der Waals surface area contributed by atoms with Gasteiger partial charge in [0.05, 0.1) is 0 Å². The number of hydrogen-bond donors (Lipinski definition) is 1. The fourth-order valence-electron chi connectivity index (χ4n) is 4.01. The van der Waals surface area contributed by atoms with Crippen molar-refractivity contribution in [3.63, 3.8) is 0 Å². The van der Waals surface area contributed by atoms with Crippen LogP contribution in [0.15, 0.2) is 24.3 Å². The molecule has 0 spiro atoms. The Balaban J connectivity index is 1.72. The monoisotopic (exact) mass is 287 g/mol. The first-order chi connectivity index (χ1) is 10.2. The van der Waals surface area contributed by atoms with Crippen LogP contribution in [0.4, 0.5) is 5.69 Å². The van der Waals surface area contributed by atoms with E-state index in [1.165, 1.54) is 50.0 Å². The first-order valence-corrected chi connectivity index (χ1v) is 8.43. The van der Waals surface area contributed by atoms with Gasteiger partial charge >= 0.3 is 0 Å². The molecule has 0 aliphatic carbocycles. The third-order valence-corrected chi connectivity index (χ3v) is 5.29. The van der Waals surface area contributed by atoms with Gasteiger partial charge < -0.3 is 10.2 Å². The summed E-state index contributed by atoms with van der Waals surface area (Å²) < 4.78 is 0. The highest BCUT2D eigenvalue weighted by Crippen LogP contribution is 2.33. The van der Waals surface area contributed by atoms with Crippen LogP contribution in [0, 0.1) is 0 Å². The number of likely N-dealkylation sites (tertiary alicyclic amines) is 1. The Labute approximate surface area is 129 Å². The zero-order valence-electron chi connectivity index (χ0n) is 13.7.